The molecule has 1 aliphatic rings. The summed E-state index contributed by atoms with van der Waals surface area (Å²) >= 11 is 0. The summed E-state index contributed by atoms with van der Waals surface area (Å²) in [5, 5.41) is 17.4. The highest BCUT2D eigenvalue weighted by Crippen LogP contribution is 2.41. The van der Waals surface area contributed by atoms with E-state index in [0.29, 0.717) is 5.56 Å². The van der Waals surface area contributed by atoms with Gasteiger partial charge in [-0.15, -0.1) is 0 Å². The zero-order valence-corrected chi connectivity index (χ0v) is 13.4. The van der Waals surface area contributed by atoms with Crippen molar-refractivity contribution in [2.75, 3.05) is 6.61 Å². The minimum absolute atomic E-state index is 0.0439. The lowest BCUT2D eigenvalue weighted by Crippen LogP contribution is -2.40. The Morgan fingerprint density at radius 3 is 2.76 bits per heavy atom. The average Bonchev–Trinajstić information content (AvgIpc) is 2.62. The number of nitrogens with one attached hydrogen (secondary N) is 1. The van der Waals surface area contributed by atoms with Crippen molar-refractivity contribution in [3.05, 3.63) is 57.9 Å². The molecule has 3 heterocycles. The van der Waals surface area contributed by atoms with E-state index in [1.54, 1.807) is 19.1 Å². The van der Waals surface area contributed by atoms with Gasteiger partial charge in [-0.25, -0.2) is 0 Å². The van der Waals surface area contributed by atoms with Gasteiger partial charge < -0.3 is 19.0 Å². The quantitative estimate of drug-likeness (QED) is 0.799. The standard InChI is InChI=1S/C17H16N2O6/c1-2-23-17(22)13-12(9-3-5-19-6-4-9)15-14(25-16(13)18)11(21)7-10(8-20)24-15/h3-7,12-13,18,20H,2,8H2,1H3. The molecule has 0 saturated heterocycles. The lowest BCUT2D eigenvalue weighted by atomic mass is 9.82. The molecule has 0 aromatic carbocycles. The van der Waals surface area contributed by atoms with Gasteiger partial charge in [0.1, 0.15) is 18.3 Å². The molecule has 0 aliphatic carbocycles. The van der Waals surface area contributed by atoms with Gasteiger partial charge in [0.2, 0.25) is 17.1 Å². The molecule has 0 saturated carbocycles. The molecule has 0 amide bonds. The number of carbonyl (C=O) groups is 1. The highest BCUT2D eigenvalue weighted by Gasteiger charge is 2.45. The van der Waals surface area contributed by atoms with Crippen LogP contribution in [-0.4, -0.2) is 28.6 Å². The number of rotatable bonds is 4. The summed E-state index contributed by atoms with van der Waals surface area (Å²) in [6.07, 6.45) is 3.06. The zero-order valence-electron chi connectivity index (χ0n) is 13.4. The molecule has 2 aromatic heterocycles. The SMILES string of the molecule is CCOC(=O)C1C(=N)Oc2c(oc(CO)cc2=O)C1c1ccncc1. The van der Waals surface area contributed by atoms with Crippen LogP contribution in [0.2, 0.25) is 0 Å². The highest BCUT2D eigenvalue weighted by molar-refractivity contribution is 6.00. The van der Waals surface area contributed by atoms with E-state index in [2.05, 4.69) is 4.98 Å². The van der Waals surface area contributed by atoms with Gasteiger partial charge in [-0.2, -0.15) is 0 Å². The fraction of sp³-hybridized carbons (Fsp3) is 0.294. The normalized spacial score (nSPS) is 19.0. The van der Waals surface area contributed by atoms with E-state index >= 15 is 0 Å². The van der Waals surface area contributed by atoms with Crippen LogP contribution >= 0.6 is 0 Å². The molecule has 0 spiro atoms. The van der Waals surface area contributed by atoms with Crippen LogP contribution in [-0.2, 0) is 16.1 Å². The molecule has 0 radical (unpaired) electrons. The Morgan fingerprint density at radius 2 is 2.12 bits per heavy atom. The van der Waals surface area contributed by atoms with Crippen LogP contribution in [0.5, 0.6) is 5.75 Å². The second-order valence-electron chi connectivity index (χ2n) is 5.38. The predicted octanol–water partition coefficient (Wildman–Crippen LogP) is 1.21. The van der Waals surface area contributed by atoms with Gasteiger partial charge in [0.25, 0.3) is 0 Å². The van der Waals surface area contributed by atoms with Crippen LogP contribution in [0.25, 0.3) is 0 Å². The Hall–Kier alpha value is -3.00. The van der Waals surface area contributed by atoms with Crippen molar-refractivity contribution in [2.24, 2.45) is 5.92 Å². The number of esters is 1. The van der Waals surface area contributed by atoms with E-state index in [0.717, 1.165) is 6.07 Å². The van der Waals surface area contributed by atoms with Crippen LogP contribution in [0.3, 0.4) is 0 Å². The van der Waals surface area contributed by atoms with E-state index in [9.17, 15) is 14.7 Å². The van der Waals surface area contributed by atoms with Gasteiger partial charge in [0.15, 0.2) is 5.76 Å². The molecule has 25 heavy (non-hydrogen) atoms. The van der Waals surface area contributed by atoms with Crippen molar-refractivity contribution in [3.8, 4) is 5.75 Å². The number of aromatic nitrogens is 1. The van der Waals surface area contributed by atoms with Crippen LogP contribution in [0, 0.1) is 11.3 Å². The first-order chi connectivity index (χ1) is 12.1. The van der Waals surface area contributed by atoms with E-state index in [4.69, 9.17) is 19.3 Å². The summed E-state index contributed by atoms with van der Waals surface area (Å²) in [6, 6.07) is 4.41. The largest absolute Gasteiger partial charge is 0.465 e. The maximum absolute atomic E-state index is 12.4. The van der Waals surface area contributed by atoms with Crippen LogP contribution < -0.4 is 10.2 Å². The first-order valence-corrected chi connectivity index (χ1v) is 7.67. The van der Waals surface area contributed by atoms with E-state index in [1.807, 2.05) is 0 Å². The number of nitrogens with zero attached hydrogens (tertiary/aromatic N) is 1. The number of hydrogen-bond acceptors (Lipinski definition) is 8. The van der Waals surface area contributed by atoms with Gasteiger partial charge in [-0.1, -0.05) is 0 Å². The fourth-order valence-corrected chi connectivity index (χ4v) is 2.80. The average molecular weight is 344 g/mol. The fourth-order valence-electron chi connectivity index (χ4n) is 2.80. The molecule has 1 aliphatic heterocycles. The number of ether oxygens (including phenoxy) is 2. The molecule has 8 heteroatoms. The van der Waals surface area contributed by atoms with Crippen molar-refractivity contribution >= 4 is 11.9 Å². The van der Waals surface area contributed by atoms with Crippen molar-refractivity contribution < 1.29 is 23.8 Å². The molecule has 3 rings (SSSR count). The number of fused-ring (bicyclic) bond motifs is 1. The molecule has 0 bridgehead atoms. The molecular formula is C17H16N2O6. The summed E-state index contributed by atoms with van der Waals surface area (Å²) in [7, 11) is 0. The molecule has 8 nitrogen and oxygen atoms in total. The minimum Gasteiger partial charge on any atom is -0.465 e. The molecule has 2 N–H and O–H groups in total. The number of carbonyl (C=O) groups excluding carboxylic acids is 1. The lowest BCUT2D eigenvalue weighted by Gasteiger charge is -2.30. The molecule has 2 aromatic rings. The van der Waals surface area contributed by atoms with Crippen LogP contribution in [0.15, 0.2) is 39.8 Å². The van der Waals surface area contributed by atoms with Crippen molar-refractivity contribution in [1.82, 2.24) is 4.98 Å². The molecule has 130 valence electrons. The Balaban J connectivity index is 2.23. The van der Waals surface area contributed by atoms with Gasteiger partial charge in [-0.05, 0) is 24.6 Å². The molecule has 0 fully saturated rings. The Kier molecular flexibility index (Phi) is 4.62. The predicted molar refractivity (Wildman–Crippen MR) is 85.5 cm³/mol. The third-order valence-corrected chi connectivity index (χ3v) is 3.85. The maximum atomic E-state index is 12.4. The Bertz CT molecular complexity index is 861. The second kappa shape index (κ2) is 6.86. The minimum atomic E-state index is -1.10. The number of aliphatic hydroxyl groups excluding tert-OH is 1. The maximum Gasteiger partial charge on any atom is 0.319 e. The third kappa shape index (κ3) is 3.03. The summed E-state index contributed by atoms with van der Waals surface area (Å²) in [5.41, 5.74) is 0.0806. The zero-order chi connectivity index (χ0) is 18.0. The van der Waals surface area contributed by atoms with E-state index < -0.39 is 35.7 Å². The monoisotopic (exact) mass is 344 g/mol. The van der Waals surface area contributed by atoms with Crippen molar-refractivity contribution in [3.63, 3.8) is 0 Å². The lowest BCUT2D eigenvalue weighted by molar-refractivity contribution is -0.146. The second-order valence-corrected chi connectivity index (χ2v) is 5.38. The van der Waals surface area contributed by atoms with Gasteiger partial charge in [0, 0.05) is 18.5 Å². The number of hydrogen-bond donors (Lipinski definition) is 2. The smallest absolute Gasteiger partial charge is 0.319 e. The topological polar surface area (TPSA) is 123 Å². The Morgan fingerprint density at radius 1 is 1.40 bits per heavy atom. The van der Waals surface area contributed by atoms with Gasteiger partial charge in [0.05, 0.1) is 12.5 Å². The van der Waals surface area contributed by atoms with E-state index in [-0.39, 0.29) is 23.9 Å². The van der Waals surface area contributed by atoms with Gasteiger partial charge >= 0.3 is 5.97 Å². The summed E-state index contributed by atoms with van der Waals surface area (Å²) in [5.74, 6) is -2.98. The van der Waals surface area contributed by atoms with Crippen molar-refractivity contribution in [1.29, 1.82) is 5.41 Å². The number of aliphatic hydroxyl groups is 1. The molecule has 2 atom stereocenters. The molecule has 2 unspecified atom stereocenters. The highest BCUT2D eigenvalue weighted by atomic mass is 16.5. The first-order valence-electron chi connectivity index (χ1n) is 7.67. The summed E-state index contributed by atoms with van der Waals surface area (Å²) in [6.45, 7) is 1.32. The van der Waals surface area contributed by atoms with Crippen LogP contribution in [0.4, 0.5) is 0 Å². The summed E-state index contributed by atoms with van der Waals surface area (Å²) < 4.78 is 15.9. The third-order valence-electron chi connectivity index (χ3n) is 3.85. The van der Waals surface area contributed by atoms with Crippen LogP contribution in [0.1, 0.15) is 29.9 Å². The first kappa shape index (κ1) is 16.8. The van der Waals surface area contributed by atoms with E-state index in [1.165, 1.54) is 12.4 Å². The van der Waals surface area contributed by atoms with Crippen molar-refractivity contribution in [2.45, 2.75) is 19.4 Å². The summed E-state index contributed by atoms with van der Waals surface area (Å²) in [4.78, 5) is 28.6. The Labute approximate surface area is 142 Å². The number of pyridine rings is 1. The molecular weight excluding hydrogens is 328 g/mol. The van der Waals surface area contributed by atoms with Gasteiger partial charge in [-0.3, -0.25) is 20.0 Å².